The number of ether oxygens (including phenoxy) is 1. The molecule has 0 bridgehead atoms. The highest BCUT2D eigenvalue weighted by molar-refractivity contribution is 7.91. The SMILES string of the molecule is CCN(CC)c1ccc(S(=O)OS(=O)Oc2ccc(OC)cc2)cc1. The summed E-state index contributed by atoms with van der Waals surface area (Å²) in [7, 11) is 1.55. The third-order valence-corrected chi connectivity index (χ3v) is 5.42. The van der Waals surface area contributed by atoms with Crippen LogP contribution < -0.4 is 13.8 Å². The van der Waals surface area contributed by atoms with Gasteiger partial charge in [0.1, 0.15) is 11.5 Å². The maximum atomic E-state index is 12.1. The molecule has 0 saturated carbocycles. The topological polar surface area (TPSA) is 65.1 Å². The average molecular weight is 383 g/mol. The molecular weight excluding hydrogens is 362 g/mol. The Morgan fingerprint density at radius 1 is 0.880 bits per heavy atom. The minimum absolute atomic E-state index is 0.327. The fourth-order valence-electron chi connectivity index (χ4n) is 2.17. The van der Waals surface area contributed by atoms with Crippen molar-refractivity contribution >= 4 is 28.1 Å². The van der Waals surface area contributed by atoms with E-state index in [1.807, 2.05) is 12.1 Å². The number of hydrogen-bond donors (Lipinski definition) is 0. The second-order valence-electron chi connectivity index (χ2n) is 4.93. The molecule has 0 N–H and O–H groups in total. The van der Waals surface area contributed by atoms with Crippen molar-refractivity contribution in [1.29, 1.82) is 0 Å². The van der Waals surface area contributed by atoms with Gasteiger partial charge < -0.3 is 13.8 Å². The number of anilines is 1. The quantitative estimate of drug-likeness (QED) is 0.662. The molecule has 0 radical (unpaired) electrons. The highest BCUT2D eigenvalue weighted by atomic mass is 32.3. The second kappa shape index (κ2) is 9.55. The van der Waals surface area contributed by atoms with Crippen LogP contribution in [0.1, 0.15) is 13.8 Å². The van der Waals surface area contributed by atoms with Crippen molar-refractivity contribution < 1.29 is 21.0 Å². The summed E-state index contributed by atoms with van der Waals surface area (Å²) in [4.78, 5) is 2.58. The van der Waals surface area contributed by atoms with Crippen LogP contribution in [0.25, 0.3) is 0 Å². The van der Waals surface area contributed by atoms with E-state index in [9.17, 15) is 8.42 Å². The van der Waals surface area contributed by atoms with Crippen LogP contribution in [0.3, 0.4) is 0 Å². The molecule has 6 nitrogen and oxygen atoms in total. The van der Waals surface area contributed by atoms with Crippen molar-refractivity contribution in [2.75, 3.05) is 25.1 Å². The van der Waals surface area contributed by atoms with E-state index >= 15 is 0 Å². The Morgan fingerprint density at radius 3 is 1.96 bits per heavy atom. The van der Waals surface area contributed by atoms with Crippen LogP contribution >= 0.6 is 0 Å². The first-order valence-corrected chi connectivity index (χ1v) is 9.84. The van der Waals surface area contributed by atoms with Crippen LogP contribution in [0.2, 0.25) is 0 Å². The molecule has 2 rings (SSSR count). The van der Waals surface area contributed by atoms with E-state index in [1.54, 1.807) is 43.5 Å². The van der Waals surface area contributed by atoms with Gasteiger partial charge in [-0.25, -0.2) is 4.21 Å². The molecule has 0 amide bonds. The monoisotopic (exact) mass is 383 g/mol. The largest absolute Gasteiger partial charge is 0.497 e. The molecule has 0 heterocycles. The standard InChI is InChI=1S/C17H21NO5S2/c1-4-18(5-2)14-6-12-17(13-7-14)24(19)23-25(20)22-16-10-8-15(21-3)9-11-16/h6-13H,4-5H2,1-3H3. The van der Waals surface area contributed by atoms with Gasteiger partial charge in [0.2, 0.25) is 11.1 Å². The molecule has 0 spiro atoms. The van der Waals surface area contributed by atoms with Gasteiger partial charge in [-0.2, -0.15) is 7.84 Å². The smallest absolute Gasteiger partial charge is 0.374 e. The van der Waals surface area contributed by atoms with E-state index in [2.05, 4.69) is 18.7 Å². The summed E-state index contributed by atoms with van der Waals surface area (Å²) in [6, 6.07) is 13.6. The summed E-state index contributed by atoms with van der Waals surface area (Å²) in [5.74, 6) is 0.976. The number of rotatable bonds is 9. The second-order valence-corrected chi connectivity index (χ2v) is 6.99. The first-order valence-electron chi connectivity index (χ1n) is 7.77. The third-order valence-electron chi connectivity index (χ3n) is 3.50. The van der Waals surface area contributed by atoms with Crippen molar-refractivity contribution in [3.63, 3.8) is 0 Å². The molecule has 0 saturated heterocycles. The minimum atomic E-state index is -2.18. The highest BCUT2D eigenvalue weighted by Gasteiger charge is 2.13. The molecule has 8 heteroatoms. The van der Waals surface area contributed by atoms with Gasteiger partial charge >= 0.3 is 11.4 Å². The van der Waals surface area contributed by atoms with E-state index in [-0.39, 0.29) is 0 Å². The van der Waals surface area contributed by atoms with E-state index in [1.165, 1.54) is 0 Å². The first-order chi connectivity index (χ1) is 12.1. The van der Waals surface area contributed by atoms with E-state index in [0.29, 0.717) is 16.4 Å². The number of benzene rings is 2. The first kappa shape index (κ1) is 19.4. The van der Waals surface area contributed by atoms with Crippen LogP contribution in [0.5, 0.6) is 11.5 Å². The van der Waals surface area contributed by atoms with Gasteiger partial charge in [0.15, 0.2) is 0 Å². The normalized spacial score (nSPS) is 13.1. The maximum absolute atomic E-state index is 12.1. The van der Waals surface area contributed by atoms with Gasteiger partial charge in [-0.3, -0.25) is 0 Å². The molecule has 0 fully saturated rings. The molecule has 2 unspecified atom stereocenters. The molecule has 2 aromatic carbocycles. The van der Waals surface area contributed by atoms with Crippen molar-refractivity contribution in [1.82, 2.24) is 0 Å². The lowest BCUT2D eigenvalue weighted by atomic mass is 10.3. The molecule has 136 valence electrons. The van der Waals surface area contributed by atoms with Gasteiger partial charge in [-0.15, -0.1) is 0 Å². The van der Waals surface area contributed by atoms with Crippen LogP contribution in [0.4, 0.5) is 5.69 Å². The fraction of sp³-hybridized carbons (Fsp3) is 0.294. The van der Waals surface area contributed by atoms with Crippen molar-refractivity contribution in [3.8, 4) is 11.5 Å². The zero-order valence-corrected chi connectivity index (χ0v) is 16.0. The van der Waals surface area contributed by atoms with E-state index in [4.69, 9.17) is 12.5 Å². The van der Waals surface area contributed by atoms with Crippen molar-refractivity contribution in [3.05, 3.63) is 48.5 Å². The Bertz CT molecular complexity index is 715. The Hall–Kier alpha value is -1.90. The lowest BCUT2D eigenvalue weighted by Gasteiger charge is -2.20. The minimum Gasteiger partial charge on any atom is -0.497 e. The summed E-state index contributed by atoms with van der Waals surface area (Å²) in [5.41, 5.74) is 1.03. The zero-order chi connectivity index (χ0) is 18.2. The van der Waals surface area contributed by atoms with Crippen LogP contribution in [0, 0.1) is 0 Å². The molecule has 0 aromatic heterocycles. The van der Waals surface area contributed by atoms with Gasteiger partial charge in [-0.05, 0) is 62.4 Å². The molecule has 2 atom stereocenters. The fourth-order valence-corrected chi connectivity index (χ4v) is 3.63. The molecule has 0 aliphatic rings. The Kier molecular flexibility index (Phi) is 7.42. The van der Waals surface area contributed by atoms with Crippen molar-refractivity contribution in [2.45, 2.75) is 18.7 Å². The molecule has 25 heavy (non-hydrogen) atoms. The molecule has 2 aromatic rings. The van der Waals surface area contributed by atoms with Gasteiger partial charge in [0.25, 0.3) is 0 Å². The van der Waals surface area contributed by atoms with Crippen molar-refractivity contribution in [2.24, 2.45) is 0 Å². The van der Waals surface area contributed by atoms with Crippen LogP contribution in [-0.4, -0.2) is 28.6 Å². The highest BCUT2D eigenvalue weighted by Crippen LogP contribution is 2.20. The lowest BCUT2D eigenvalue weighted by molar-refractivity contribution is 0.413. The predicted molar refractivity (Wildman–Crippen MR) is 99.3 cm³/mol. The summed E-state index contributed by atoms with van der Waals surface area (Å²) >= 11 is -4.07. The Balaban J connectivity index is 1.95. The third kappa shape index (κ3) is 5.55. The average Bonchev–Trinajstić information content (AvgIpc) is 2.64. The lowest BCUT2D eigenvalue weighted by Crippen LogP contribution is -2.21. The summed E-state index contributed by atoms with van der Waals surface area (Å²) in [6.45, 7) is 5.90. The van der Waals surface area contributed by atoms with Gasteiger partial charge in [0, 0.05) is 18.8 Å². The molecule has 0 aliphatic carbocycles. The Morgan fingerprint density at radius 2 is 1.44 bits per heavy atom. The number of nitrogens with zero attached hydrogens (tertiary/aromatic N) is 1. The van der Waals surface area contributed by atoms with E-state index in [0.717, 1.165) is 18.8 Å². The predicted octanol–water partition coefficient (Wildman–Crippen LogP) is 3.24. The summed E-state index contributed by atoms with van der Waals surface area (Å²) < 4.78 is 39.0. The maximum Gasteiger partial charge on any atom is 0.374 e. The van der Waals surface area contributed by atoms with Gasteiger partial charge in [-0.1, -0.05) is 0 Å². The van der Waals surface area contributed by atoms with Crippen LogP contribution in [-0.2, 0) is 26.1 Å². The Labute approximate surface area is 153 Å². The van der Waals surface area contributed by atoms with Gasteiger partial charge in [0.05, 0.1) is 12.0 Å². The zero-order valence-electron chi connectivity index (χ0n) is 14.3. The summed E-state index contributed by atoms with van der Waals surface area (Å²) in [6.07, 6.45) is 0. The van der Waals surface area contributed by atoms with E-state index < -0.39 is 22.4 Å². The summed E-state index contributed by atoms with van der Waals surface area (Å²) in [5, 5.41) is 0. The molecular formula is C17H21NO5S2. The van der Waals surface area contributed by atoms with Crippen LogP contribution in [0.15, 0.2) is 53.4 Å². The number of hydrogen-bond acceptors (Lipinski definition) is 6. The number of methoxy groups -OCH3 is 1. The molecule has 0 aliphatic heterocycles.